The Hall–Kier alpha value is -0.490. The Kier molecular flexibility index (Phi) is 4.01. The van der Waals surface area contributed by atoms with Gasteiger partial charge in [0.15, 0.2) is 11.6 Å². The van der Waals surface area contributed by atoms with Gasteiger partial charge >= 0.3 is 0 Å². The van der Waals surface area contributed by atoms with Gasteiger partial charge in [0.05, 0.1) is 26.4 Å². The monoisotopic (exact) mass is 406 g/mol. The standard InChI is InChI=1S/C24H35FO4/c1-15-12-16-17-4-5-24(28-10-11-29-24)22(17,3)14-19(25)20(16)21(2)6-7-23(13-18(15)21)26-8-9-27-23/h16-20H,1,4-14H2,2-3H3. The molecule has 0 aromatic heterocycles. The Bertz CT molecular complexity index is 712. The number of fused-ring (bicyclic) bond motifs is 6. The summed E-state index contributed by atoms with van der Waals surface area (Å²) in [7, 11) is 0. The molecule has 5 heteroatoms. The van der Waals surface area contributed by atoms with Crippen LogP contribution in [0.15, 0.2) is 12.2 Å². The lowest BCUT2D eigenvalue weighted by Crippen LogP contribution is -2.62. The number of hydrogen-bond acceptors (Lipinski definition) is 4. The van der Waals surface area contributed by atoms with Crippen molar-refractivity contribution in [2.24, 2.45) is 34.5 Å². The SMILES string of the molecule is C=C1CC2C(C(F)CC3(C)C2CCC32OCCO2)C2(C)CCC3(CC12)OCCO3. The topological polar surface area (TPSA) is 36.9 Å². The number of alkyl halides is 1. The molecule has 2 heterocycles. The zero-order chi connectivity index (χ0) is 20.1. The van der Waals surface area contributed by atoms with Gasteiger partial charge in [0.1, 0.15) is 6.17 Å². The van der Waals surface area contributed by atoms with Gasteiger partial charge in [0, 0.05) is 24.7 Å². The summed E-state index contributed by atoms with van der Waals surface area (Å²) in [5, 5.41) is 0. The fraction of sp³-hybridized carbons (Fsp3) is 0.917. The lowest BCUT2D eigenvalue weighted by Gasteiger charge is -2.63. The summed E-state index contributed by atoms with van der Waals surface area (Å²) in [6, 6.07) is 0. The number of ether oxygens (including phenoxy) is 4. The average Bonchev–Trinajstić information content (AvgIpc) is 3.39. The first-order valence-electron chi connectivity index (χ1n) is 11.7. The molecule has 7 unspecified atom stereocenters. The van der Waals surface area contributed by atoms with Gasteiger partial charge in [-0.15, -0.1) is 0 Å². The Morgan fingerprint density at radius 1 is 0.931 bits per heavy atom. The molecule has 2 spiro atoms. The molecule has 0 amide bonds. The lowest BCUT2D eigenvalue weighted by molar-refractivity contribution is -0.263. The lowest BCUT2D eigenvalue weighted by atomic mass is 9.43. The minimum absolute atomic E-state index is 0.0611. The van der Waals surface area contributed by atoms with Crippen LogP contribution in [0, 0.1) is 34.5 Å². The van der Waals surface area contributed by atoms with Crippen LogP contribution in [0.5, 0.6) is 0 Å². The maximum absolute atomic E-state index is 16.1. The first-order valence-corrected chi connectivity index (χ1v) is 11.7. The van der Waals surface area contributed by atoms with Crippen LogP contribution >= 0.6 is 0 Å². The van der Waals surface area contributed by atoms with Crippen LogP contribution in [0.2, 0.25) is 0 Å². The van der Waals surface area contributed by atoms with Gasteiger partial charge in [-0.05, 0) is 54.8 Å². The normalized spacial score (nSPS) is 52.5. The van der Waals surface area contributed by atoms with E-state index in [1.807, 2.05) is 0 Å². The van der Waals surface area contributed by atoms with E-state index >= 15 is 4.39 Å². The molecular weight excluding hydrogens is 371 g/mol. The molecule has 0 aromatic rings. The molecule has 4 saturated carbocycles. The summed E-state index contributed by atoms with van der Waals surface area (Å²) in [6.07, 6.45) is 5.33. The largest absolute Gasteiger partial charge is 0.348 e. The highest BCUT2D eigenvalue weighted by Gasteiger charge is 2.70. The van der Waals surface area contributed by atoms with E-state index < -0.39 is 17.7 Å². The van der Waals surface area contributed by atoms with Gasteiger partial charge in [0.2, 0.25) is 0 Å². The fourth-order valence-electron chi connectivity index (χ4n) is 8.87. The first-order chi connectivity index (χ1) is 13.8. The summed E-state index contributed by atoms with van der Waals surface area (Å²) in [6.45, 7) is 11.8. The van der Waals surface area contributed by atoms with Crippen molar-refractivity contribution in [1.29, 1.82) is 0 Å². The predicted molar refractivity (Wildman–Crippen MR) is 106 cm³/mol. The van der Waals surface area contributed by atoms with Crippen molar-refractivity contribution in [3.8, 4) is 0 Å². The van der Waals surface area contributed by atoms with E-state index in [-0.39, 0.29) is 22.7 Å². The number of hydrogen-bond donors (Lipinski definition) is 0. The Labute approximate surface area is 173 Å². The molecule has 162 valence electrons. The van der Waals surface area contributed by atoms with Crippen LogP contribution in [0.3, 0.4) is 0 Å². The summed E-state index contributed by atoms with van der Waals surface area (Å²) in [5.41, 5.74) is 0.993. The maximum Gasteiger partial charge on any atom is 0.174 e. The summed E-state index contributed by atoms with van der Waals surface area (Å²) < 4.78 is 40.6. The summed E-state index contributed by atoms with van der Waals surface area (Å²) in [4.78, 5) is 0. The molecule has 0 N–H and O–H groups in total. The molecule has 0 bridgehead atoms. The smallest absolute Gasteiger partial charge is 0.174 e. The Morgan fingerprint density at radius 2 is 1.62 bits per heavy atom. The van der Waals surface area contributed by atoms with Crippen LogP contribution in [0.25, 0.3) is 0 Å². The highest BCUT2D eigenvalue weighted by atomic mass is 19.1. The third-order valence-corrected chi connectivity index (χ3v) is 10.1. The molecule has 6 aliphatic rings. The van der Waals surface area contributed by atoms with Gasteiger partial charge in [-0.1, -0.05) is 26.0 Å². The van der Waals surface area contributed by atoms with E-state index in [4.69, 9.17) is 18.9 Å². The minimum Gasteiger partial charge on any atom is -0.348 e. The summed E-state index contributed by atoms with van der Waals surface area (Å²) in [5.74, 6) is 0.150. The zero-order valence-electron chi connectivity index (χ0n) is 17.9. The van der Waals surface area contributed by atoms with E-state index in [1.54, 1.807) is 0 Å². The second kappa shape index (κ2) is 6.05. The van der Waals surface area contributed by atoms with Gasteiger partial charge < -0.3 is 18.9 Å². The Morgan fingerprint density at radius 3 is 2.34 bits per heavy atom. The highest BCUT2D eigenvalue weighted by Crippen LogP contribution is 2.71. The van der Waals surface area contributed by atoms with Crippen molar-refractivity contribution in [2.45, 2.75) is 76.5 Å². The van der Waals surface area contributed by atoms with Crippen LogP contribution < -0.4 is 0 Å². The number of halogens is 1. The van der Waals surface area contributed by atoms with Crippen LogP contribution in [0.1, 0.15) is 58.8 Å². The van der Waals surface area contributed by atoms with Gasteiger partial charge in [0.25, 0.3) is 0 Å². The van der Waals surface area contributed by atoms with Crippen molar-refractivity contribution in [2.75, 3.05) is 26.4 Å². The molecule has 6 rings (SSSR count). The van der Waals surface area contributed by atoms with Crippen molar-refractivity contribution in [3.05, 3.63) is 12.2 Å². The maximum atomic E-state index is 16.1. The number of rotatable bonds is 0. The van der Waals surface area contributed by atoms with E-state index in [0.717, 1.165) is 38.5 Å². The third-order valence-electron chi connectivity index (χ3n) is 10.1. The molecule has 4 aliphatic carbocycles. The molecule has 2 saturated heterocycles. The Balaban J connectivity index is 1.35. The fourth-order valence-corrected chi connectivity index (χ4v) is 8.87. The predicted octanol–water partition coefficient (Wildman–Crippen LogP) is 4.63. The third kappa shape index (κ3) is 2.34. The number of allylic oxidation sites excluding steroid dienone is 1. The molecule has 4 nitrogen and oxygen atoms in total. The summed E-state index contributed by atoms with van der Waals surface area (Å²) >= 11 is 0. The highest BCUT2D eigenvalue weighted by molar-refractivity contribution is 5.23. The van der Waals surface area contributed by atoms with Crippen molar-refractivity contribution in [1.82, 2.24) is 0 Å². The molecule has 0 radical (unpaired) electrons. The van der Waals surface area contributed by atoms with E-state index in [2.05, 4.69) is 20.4 Å². The molecular formula is C24H35FO4. The first kappa shape index (κ1) is 19.2. The van der Waals surface area contributed by atoms with E-state index in [0.29, 0.717) is 44.7 Å². The van der Waals surface area contributed by atoms with Crippen LogP contribution in [-0.2, 0) is 18.9 Å². The second-order valence-corrected chi connectivity index (χ2v) is 11.2. The average molecular weight is 407 g/mol. The second-order valence-electron chi connectivity index (χ2n) is 11.2. The van der Waals surface area contributed by atoms with Gasteiger partial charge in [-0.2, -0.15) is 0 Å². The molecule has 2 aliphatic heterocycles. The van der Waals surface area contributed by atoms with Crippen molar-refractivity contribution >= 4 is 0 Å². The van der Waals surface area contributed by atoms with Crippen molar-refractivity contribution in [3.63, 3.8) is 0 Å². The van der Waals surface area contributed by atoms with E-state index in [1.165, 1.54) is 5.57 Å². The van der Waals surface area contributed by atoms with Crippen molar-refractivity contribution < 1.29 is 23.3 Å². The van der Waals surface area contributed by atoms with Crippen LogP contribution in [0.4, 0.5) is 4.39 Å². The van der Waals surface area contributed by atoms with Crippen LogP contribution in [-0.4, -0.2) is 44.2 Å². The molecule has 29 heavy (non-hydrogen) atoms. The van der Waals surface area contributed by atoms with Gasteiger partial charge in [-0.3, -0.25) is 0 Å². The molecule has 6 fully saturated rings. The van der Waals surface area contributed by atoms with E-state index in [9.17, 15) is 0 Å². The van der Waals surface area contributed by atoms with Gasteiger partial charge in [-0.25, -0.2) is 4.39 Å². The molecule has 7 atom stereocenters. The quantitative estimate of drug-likeness (QED) is 0.550. The molecule has 0 aromatic carbocycles. The minimum atomic E-state index is -0.816. The zero-order valence-corrected chi connectivity index (χ0v) is 17.9.